The average Bonchev–Trinajstić information content (AvgIpc) is 3.28. The molecule has 1 aliphatic rings. The van der Waals surface area contributed by atoms with Crippen LogP contribution in [0.1, 0.15) is 40.5 Å². The molecule has 1 amide bonds. The zero-order chi connectivity index (χ0) is 19.7. The van der Waals surface area contributed by atoms with Gasteiger partial charge in [0.25, 0.3) is 5.91 Å². The number of hydrogen-bond donors (Lipinski definition) is 0. The lowest BCUT2D eigenvalue weighted by atomic mass is 9.94. The summed E-state index contributed by atoms with van der Waals surface area (Å²) < 4.78 is 24.4. The number of hydrogen-bond acceptors (Lipinski definition) is 6. The van der Waals surface area contributed by atoms with Crippen molar-refractivity contribution in [3.05, 3.63) is 53.0 Å². The van der Waals surface area contributed by atoms with Gasteiger partial charge in [0.15, 0.2) is 0 Å². The summed E-state index contributed by atoms with van der Waals surface area (Å²) in [5, 5.41) is 7.77. The van der Waals surface area contributed by atoms with Gasteiger partial charge in [-0.15, -0.1) is 0 Å². The van der Waals surface area contributed by atoms with Crippen LogP contribution < -0.4 is 0 Å². The molecule has 1 aromatic carbocycles. The highest BCUT2D eigenvalue weighted by molar-refractivity contribution is 5.96. The molecule has 28 heavy (non-hydrogen) atoms. The maximum Gasteiger partial charge on any atom is 0.259 e. The highest BCUT2D eigenvalue weighted by Crippen LogP contribution is 2.25. The van der Waals surface area contributed by atoms with Crippen LogP contribution in [0.2, 0.25) is 0 Å². The minimum Gasteiger partial charge on any atom is -0.361 e. The second kappa shape index (κ2) is 7.53. The molecule has 0 radical (unpaired) electrons. The van der Waals surface area contributed by atoms with Crippen molar-refractivity contribution < 1.29 is 18.2 Å². The molecule has 3 aromatic rings. The molecule has 2 aromatic heterocycles. The van der Waals surface area contributed by atoms with E-state index >= 15 is 0 Å². The van der Waals surface area contributed by atoms with Crippen molar-refractivity contribution in [2.45, 2.75) is 33.1 Å². The van der Waals surface area contributed by atoms with Crippen LogP contribution in [0.4, 0.5) is 4.39 Å². The first-order chi connectivity index (χ1) is 13.5. The SMILES string of the molecule is Cc1noc(C)c1C(=O)N1CCC[C@@H](Cc2nc(-c3ccccc3F)no2)C1. The van der Waals surface area contributed by atoms with E-state index in [2.05, 4.69) is 15.3 Å². The highest BCUT2D eigenvalue weighted by atomic mass is 19.1. The molecule has 1 saturated heterocycles. The summed E-state index contributed by atoms with van der Waals surface area (Å²) in [6, 6.07) is 6.33. The number of likely N-dealkylation sites (tertiary alicyclic amines) is 1. The third-order valence-electron chi connectivity index (χ3n) is 5.10. The molecule has 1 fully saturated rings. The fourth-order valence-corrected chi connectivity index (χ4v) is 3.70. The topological polar surface area (TPSA) is 85.3 Å². The Morgan fingerprint density at radius 1 is 1.25 bits per heavy atom. The Bertz CT molecular complexity index is 978. The standard InChI is InChI=1S/C20H21FN4O3/c1-12-18(13(2)27-23-12)20(26)25-9-5-6-14(11-25)10-17-22-19(24-28-17)15-7-3-4-8-16(15)21/h3-4,7-8,14H,5-6,9-11H2,1-2H3/t14-/m0/s1. The minimum atomic E-state index is -0.385. The molecule has 0 unspecified atom stereocenters. The molecule has 0 aliphatic carbocycles. The first kappa shape index (κ1) is 18.3. The molecule has 7 nitrogen and oxygen atoms in total. The number of aromatic nitrogens is 3. The molecule has 4 rings (SSSR count). The first-order valence-corrected chi connectivity index (χ1v) is 9.32. The van der Waals surface area contributed by atoms with Gasteiger partial charge in [-0.3, -0.25) is 4.79 Å². The maximum atomic E-state index is 13.9. The number of aryl methyl sites for hydroxylation is 2. The van der Waals surface area contributed by atoms with Crippen LogP contribution in [-0.2, 0) is 6.42 Å². The van der Waals surface area contributed by atoms with Gasteiger partial charge in [0.2, 0.25) is 11.7 Å². The number of benzene rings is 1. The first-order valence-electron chi connectivity index (χ1n) is 9.32. The lowest BCUT2D eigenvalue weighted by Gasteiger charge is -2.32. The molecule has 8 heteroatoms. The van der Waals surface area contributed by atoms with Gasteiger partial charge in [-0.1, -0.05) is 22.4 Å². The van der Waals surface area contributed by atoms with Crippen molar-refractivity contribution in [3.8, 4) is 11.4 Å². The van der Waals surface area contributed by atoms with E-state index in [1.807, 2.05) is 4.90 Å². The van der Waals surface area contributed by atoms with E-state index in [4.69, 9.17) is 9.05 Å². The molecule has 3 heterocycles. The summed E-state index contributed by atoms with van der Waals surface area (Å²) in [6.45, 7) is 4.81. The van der Waals surface area contributed by atoms with Gasteiger partial charge in [0.1, 0.15) is 17.1 Å². The molecule has 0 N–H and O–H groups in total. The molecule has 0 bridgehead atoms. The molecular weight excluding hydrogens is 363 g/mol. The Balaban J connectivity index is 1.45. The molecule has 146 valence electrons. The highest BCUT2D eigenvalue weighted by Gasteiger charge is 2.29. The second-order valence-electron chi connectivity index (χ2n) is 7.15. The average molecular weight is 384 g/mol. The van der Waals surface area contributed by atoms with Crippen molar-refractivity contribution >= 4 is 5.91 Å². The summed E-state index contributed by atoms with van der Waals surface area (Å²) in [4.78, 5) is 19.0. The number of carbonyl (C=O) groups excluding carboxylic acids is 1. The monoisotopic (exact) mass is 384 g/mol. The smallest absolute Gasteiger partial charge is 0.259 e. The van der Waals surface area contributed by atoms with Crippen molar-refractivity contribution in [2.24, 2.45) is 5.92 Å². The van der Waals surface area contributed by atoms with Crippen molar-refractivity contribution in [2.75, 3.05) is 13.1 Å². The number of halogens is 1. The number of piperidine rings is 1. The second-order valence-corrected chi connectivity index (χ2v) is 7.15. The lowest BCUT2D eigenvalue weighted by molar-refractivity contribution is 0.0665. The number of nitrogens with zero attached hydrogens (tertiary/aromatic N) is 4. The van der Waals surface area contributed by atoms with E-state index in [1.54, 1.807) is 32.0 Å². The Morgan fingerprint density at radius 2 is 2.07 bits per heavy atom. The lowest BCUT2D eigenvalue weighted by Crippen LogP contribution is -2.40. The van der Waals surface area contributed by atoms with Gasteiger partial charge >= 0.3 is 0 Å². The zero-order valence-corrected chi connectivity index (χ0v) is 15.8. The van der Waals surface area contributed by atoms with Crippen LogP contribution in [0.25, 0.3) is 11.4 Å². The van der Waals surface area contributed by atoms with Crippen LogP contribution >= 0.6 is 0 Å². The van der Waals surface area contributed by atoms with Crippen LogP contribution in [-0.4, -0.2) is 39.2 Å². The molecular formula is C20H21FN4O3. The maximum absolute atomic E-state index is 13.9. The van der Waals surface area contributed by atoms with E-state index in [1.165, 1.54) is 6.07 Å². The van der Waals surface area contributed by atoms with Crippen LogP contribution in [0.15, 0.2) is 33.3 Å². The quantitative estimate of drug-likeness (QED) is 0.684. The van der Waals surface area contributed by atoms with Crippen LogP contribution in [0, 0.1) is 25.6 Å². The fraction of sp³-hybridized carbons (Fsp3) is 0.400. The summed E-state index contributed by atoms with van der Waals surface area (Å²) >= 11 is 0. The van der Waals surface area contributed by atoms with E-state index in [0.717, 1.165) is 12.8 Å². The Morgan fingerprint density at radius 3 is 2.82 bits per heavy atom. The van der Waals surface area contributed by atoms with E-state index in [-0.39, 0.29) is 23.5 Å². The molecule has 0 saturated carbocycles. The summed E-state index contributed by atoms with van der Waals surface area (Å²) in [5.74, 6) is 0.993. The number of carbonyl (C=O) groups is 1. The summed E-state index contributed by atoms with van der Waals surface area (Å²) in [7, 11) is 0. The van der Waals surface area contributed by atoms with Gasteiger partial charge in [-0.05, 0) is 44.7 Å². The summed E-state index contributed by atoms with van der Waals surface area (Å²) in [6.07, 6.45) is 2.41. The normalized spacial score (nSPS) is 17.1. The van der Waals surface area contributed by atoms with Gasteiger partial charge in [-0.2, -0.15) is 4.98 Å². The molecule has 0 spiro atoms. The summed E-state index contributed by atoms with van der Waals surface area (Å²) in [5.41, 5.74) is 1.47. The number of amides is 1. The van der Waals surface area contributed by atoms with Gasteiger partial charge in [-0.25, -0.2) is 4.39 Å². The Labute approximate surface area is 161 Å². The zero-order valence-electron chi connectivity index (χ0n) is 15.8. The van der Waals surface area contributed by atoms with Gasteiger partial charge in [0.05, 0.1) is 11.3 Å². The van der Waals surface area contributed by atoms with Gasteiger partial charge in [0, 0.05) is 19.5 Å². The largest absolute Gasteiger partial charge is 0.361 e. The van der Waals surface area contributed by atoms with Crippen LogP contribution in [0.3, 0.4) is 0 Å². The van der Waals surface area contributed by atoms with E-state index < -0.39 is 0 Å². The van der Waals surface area contributed by atoms with Crippen LogP contribution in [0.5, 0.6) is 0 Å². The van der Waals surface area contributed by atoms with Crippen molar-refractivity contribution in [1.29, 1.82) is 0 Å². The van der Waals surface area contributed by atoms with Crippen molar-refractivity contribution in [3.63, 3.8) is 0 Å². The minimum absolute atomic E-state index is 0.0569. The Hall–Kier alpha value is -3.03. The van der Waals surface area contributed by atoms with Gasteiger partial charge < -0.3 is 13.9 Å². The predicted octanol–water partition coefficient (Wildman–Crippen LogP) is 3.58. The third-order valence-corrected chi connectivity index (χ3v) is 5.10. The number of rotatable bonds is 4. The third kappa shape index (κ3) is 3.54. The van der Waals surface area contributed by atoms with E-state index in [0.29, 0.717) is 48.0 Å². The molecule has 1 atom stereocenters. The molecule has 1 aliphatic heterocycles. The van der Waals surface area contributed by atoms with E-state index in [9.17, 15) is 9.18 Å². The predicted molar refractivity (Wildman–Crippen MR) is 98.0 cm³/mol. The Kier molecular flexibility index (Phi) is 4.93. The van der Waals surface area contributed by atoms with Crippen molar-refractivity contribution in [1.82, 2.24) is 20.2 Å². The fourth-order valence-electron chi connectivity index (χ4n) is 3.70.